The Balaban J connectivity index is 2.17. The van der Waals surface area contributed by atoms with Gasteiger partial charge >= 0.3 is 5.97 Å². The van der Waals surface area contributed by atoms with Gasteiger partial charge < -0.3 is 18.6 Å². The summed E-state index contributed by atoms with van der Waals surface area (Å²) in [6, 6.07) is 6.37. The van der Waals surface area contributed by atoms with Crippen molar-refractivity contribution in [3.05, 3.63) is 45.8 Å². The van der Waals surface area contributed by atoms with E-state index in [2.05, 4.69) is 20.7 Å². The summed E-state index contributed by atoms with van der Waals surface area (Å²) < 4.78 is 21.7. The van der Waals surface area contributed by atoms with E-state index in [1.165, 1.54) is 13.2 Å². The number of carbonyl (C=O) groups excluding carboxylic acids is 2. The summed E-state index contributed by atoms with van der Waals surface area (Å²) in [5.74, 6) is 0.908. The number of methoxy groups -OCH3 is 1. The summed E-state index contributed by atoms with van der Waals surface area (Å²) in [5.41, 5.74) is 0.471. The highest BCUT2D eigenvalue weighted by molar-refractivity contribution is 9.10. The van der Waals surface area contributed by atoms with E-state index in [9.17, 15) is 9.59 Å². The van der Waals surface area contributed by atoms with Crippen LogP contribution >= 0.6 is 15.9 Å². The molecule has 0 fully saturated rings. The molecule has 2 aromatic rings. The Morgan fingerprint density at radius 3 is 2.74 bits per heavy atom. The van der Waals surface area contributed by atoms with E-state index in [-0.39, 0.29) is 12.4 Å². The van der Waals surface area contributed by atoms with Crippen LogP contribution < -0.4 is 9.47 Å². The van der Waals surface area contributed by atoms with E-state index in [1.54, 1.807) is 18.2 Å². The van der Waals surface area contributed by atoms with E-state index < -0.39 is 5.97 Å². The zero-order valence-electron chi connectivity index (χ0n) is 12.6. The van der Waals surface area contributed by atoms with Crippen molar-refractivity contribution in [2.75, 3.05) is 13.7 Å². The van der Waals surface area contributed by atoms with Crippen molar-refractivity contribution < 1.29 is 28.2 Å². The van der Waals surface area contributed by atoms with Crippen LogP contribution in [0.5, 0.6) is 11.5 Å². The molecule has 0 aliphatic carbocycles. The molecule has 1 heterocycles. The molecule has 6 nitrogen and oxygen atoms in total. The van der Waals surface area contributed by atoms with E-state index >= 15 is 0 Å². The molecule has 0 atom stereocenters. The summed E-state index contributed by atoms with van der Waals surface area (Å²) in [6.45, 7) is 2.36. The maximum atomic E-state index is 11.3. The van der Waals surface area contributed by atoms with Gasteiger partial charge in [0.25, 0.3) is 0 Å². The fourth-order valence-electron chi connectivity index (χ4n) is 1.87. The molecule has 7 heteroatoms. The second kappa shape index (κ2) is 7.82. The first-order chi connectivity index (χ1) is 11.1. The number of aldehydes is 1. The largest absolute Gasteiger partial charge is 0.490 e. The molecule has 0 aliphatic heterocycles. The second-order valence-electron chi connectivity index (χ2n) is 4.43. The third kappa shape index (κ3) is 4.13. The standard InChI is InChI=1S/C16H15BrO6/c1-3-21-14-7-10(8-18)6-12(17)15(14)22-9-11-4-5-13(23-11)16(19)20-2/h4-8H,3,9H2,1-2H3. The number of hydrogen-bond donors (Lipinski definition) is 0. The van der Waals surface area contributed by atoms with E-state index in [1.807, 2.05) is 6.92 Å². The number of esters is 1. The minimum atomic E-state index is -0.553. The van der Waals surface area contributed by atoms with Gasteiger partial charge in [-0.05, 0) is 47.1 Å². The van der Waals surface area contributed by atoms with Gasteiger partial charge in [-0.3, -0.25) is 4.79 Å². The van der Waals surface area contributed by atoms with Gasteiger partial charge in [0.15, 0.2) is 11.5 Å². The second-order valence-corrected chi connectivity index (χ2v) is 5.28. The Morgan fingerprint density at radius 1 is 1.30 bits per heavy atom. The summed E-state index contributed by atoms with van der Waals surface area (Å²) in [5, 5.41) is 0. The summed E-state index contributed by atoms with van der Waals surface area (Å²) in [6.07, 6.45) is 0.728. The highest BCUT2D eigenvalue weighted by Crippen LogP contribution is 2.37. The van der Waals surface area contributed by atoms with Crippen LogP contribution in [0.15, 0.2) is 33.2 Å². The van der Waals surface area contributed by atoms with Crippen molar-refractivity contribution in [3.8, 4) is 11.5 Å². The molecule has 0 amide bonds. The quantitative estimate of drug-likeness (QED) is 0.537. The molecule has 0 bridgehead atoms. The SMILES string of the molecule is CCOc1cc(C=O)cc(Br)c1OCc1ccc(C(=O)OC)o1. The number of halogens is 1. The number of ether oxygens (including phenoxy) is 3. The Hall–Kier alpha value is -2.28. The van der Waals surface area contributed by atoms with Crippen molar-refractivity contribution >= 4 is 28.2 Å². The molecule has 1 aromatic carbocycles. The minimum Gasteiger partial charge on any atom is -0.490 e. The molecule has 0 aliphatic rings. The minimum absolute atomic E-state index is 0.0934. The third-order valence-corrected chi connectivity index (χ3v) is 3.46. The van der Waals surface area contributed by atoms with E-state index in [0.717, 1.165) is 6.29 Å². The number of carbonyl (C=O) groups is 2. The average Bonchev–Trinajstić information content (AvgIpc) is 3.02. The van der Waals surface area contributed by atoms with Gasteiger partial charge in [0.2, 0.25) is 5.76 Å². The van der Waals surface area contributed by atoms with Gasteiger partial charge in [-0.2, -0.15) is 0 Å². The van der Waals surface area contributed by atoms with E-state index in [0.29, 0.717) is 33.9 Å². The highest BCUT2D eigenvalue weighted by atomic mass is 79.9. The Morgan fingerprint density at radius 2 is 2.09 bits per heavy atom. The average molecular weight is 383 g/mol. The van der Waals surface area contributed by atoms with Crippen molar-refractivity contribution in [3.63, 3.8) is 0 Å². The Kier molecular flexibility index (Phi) is 5.81. The number of benzene rings is 1. The van der Waals surface area contributed by atoms with Gasteiger partial charge in [-0.25, -0.2) is 4.79 Å². The molecule has 0 N–H and O–H groups in total. The van der Waals surface area contributed by atoms with Crippen molar-refractivity contribution in [1.82, 2.24) is 0 Å². The molecule has 0 saturated carbocycles. The monoisotopic (exact) mass is 382 g/mol. The molecule has 122 valence electrons. The highest BCUT2D eigenvalue weighted by Gasteiger charge is 2.15. The molecule has 0 unspecified atom stereocenters. The van der Waals surface area contributed by atoms with Gasteiger partial charge in [0.1, 0.15) is 18.7 Å². The first-order valence-electron chi connectivity index (χ1n) is 6.80. The predicted octanol–water partition coefficient (Wildman–Crippen LogP) is 3.62. The molecule has 23 heavy (non-hydrogen) atoms. The van der Waals surface area contributed by atoms with Crippen LogP contribution in [-0.4, -0.2) is 26.0 Å². The molecule has 0 spiro atoms. The third-order valence-electron chi connectivity index (χ3n) is 2.87. The van der Waals surface area contributed by atoms with Gasteiger partial charge in [-0.1, -0.05) is 0 Å². The van der Waals surface area contributed by atoms with E-state index in [4.69, 9.17) is 13.9 Å². The van der Waals surface area contributed by atoms with Crippen LogP contribution in [0.3, 0.4) is 0 Å². The fraction of sp³-hybridized carbons (Fsp3) is 0.250. The number of hydrogen-bond acceptors (Lipinski definition) is 6. The van der Waals surface area contributed by atoms with Crippen LogP contribution in [0.4, 0.5) is 0 Å². The zero-order valence-corrected chi connectivity index (χ0v) is 14.2. The van der Waals surface area contributed by atoms with Crippen molar-refractivity contribution in [2.45, 2.75) is 13.5 Å². The Bertz CT molecular complexity index is 707. The Labute approximate surface area is 141 Å². The lowest BCUT2D eigenvalue weighted by Gasteiger charge is -2.13. The maximum Gasteiger partial charge on any atom is 0.373 e. The lowest BCUT2D eigenvalue weighted by Crippen LogP contribution is -2.01. The lowest BCUT2D eigenvalue weighted by molar-refractivity contribution is 0.0560. The molecule has 0 radical (unpaired) electrons. The molecule has 1 aromatic heterocycles. The van der Waals surface area contributed by atoms with Crippen LogP contribution in [0.25, 0.3) is 0 Å². The predicted molar refractivity (Wildman–Crippen MR) is 85.1 cm³/mol. The van der Waals surface area contributed by atoms with Crippen molar-refractivity contribution in [2.24, 2.45) is 0 Å². The maximum absolute atomic E-state index is 11.3. The fourth-order valence-corrected chi connectivity index (χ4v) is 2.44. The molecule has 2 rings (SSSR count). The topological polar surface area (TPSA) is 75.0 Å². The molecular weight excluding hydrogens is 368 g/mol. The first-order valence-corrected chi connectivity index (χ1v) is 7.59. The zero-order chi connectivity index (χ0) is 16.8. The normalized spacial score (nSPS) is 10.2. The van der Waals surface area contributed by atoms with Gasteiger partial charge in [0.05, 0.1) is 18.2 Å². The summed E-state index contributed by atoms with van der Waals surface area (Å²) in [4.78, 5) is 22.3. The van der Waals surface area contributed by atoms with Gasteiger partial charge in [0, 0.05) is 5.56 Å². The molecular formula is C16H15BrO6. The van der Waals surface area contributed by atoms with Crippen LogP contribution in [-0.2, 0) is 11.3 Å². The smallest absolute Gasteiger partial charge is 0.373 e. The first kappa shape index (κ1) is 17.1. The van der Waals surface area contributed by atoms with Crippen LogP contribution in [0, 0.1) is 0 Å². The van der Waals surface area contributed by atoms with Crippen molar-refractivity contribution in [1.29, 1.82) is 0 Å². The molecule has 0 saturated heterocycles. The summed E-state index contributed by atoms with van der Waals surface area (Å²) in [7, 11) is 1.28. The summed E-state index contributed by atoms with van der Waals surface area (Å²) >= 11 is 3.35. The van der Waals surface area contributed by atoms with Crippen LogP contribution in [0.1, 0.15) is 33.6 Å². The number of furan rings is 1. The number of rotatable bonds is 7. The van der Waals surface area contributed by atoms with Crippen LogP contribution in [0.2, 0.25) is 0 Å². The van der Waals surface area contributed by atoms with Gasteiger partial charge in [-0.15, -0.1) is 0 Å². The lowest BCUT2D eigenvalue weighted by atomic mass is 10.2.